The quantitative estimate of drug-likeness (QED) is 0.839. The summed E-state index contributed by atoms with van der Waals surface area (Å²) >= 11 is 0. The van der Waals surface area contributed by atoms with Gasteiger partial charge in [-0.15, -0.1) is 0 Å². The molecular weight excluding hydrogens is 295 g/mol. The molecule has 8 heteroatoms. The topological polar surface area (TPSA) is 88.1 Å². The van der Waals surface area contributed by atoms with E-state index in [1.807, 2.05) is 0 Å². The molecule has 0 heterocycles. The standard InChI is InChI=1S/C14H19FN2O5/c1-8(13(18)19)7-17(2)14(20)16-10-5-9(15)11(21-3)6-12(10)22-4/h5-6,8H,7H2,1-4H3,(H,16,20)(H,18,19). The number of urea groups is 1. The normalized spacial score (nSPS) is 11.5. The van der Waals surface area contributed by atoms with Gasteiger partial charge in [0.05, 0.1) is 25.8 Å². The Morgan fingerprint density at radius 2 is 1.91 bits per heavy atom. The number of anilines is 1. The van der Waals surface area contributed by atoms with Gasteiger partial charge in [-0.1, -0.05) is 6.92 Å². The highest BCUT2D eigenvalue weighted by molar-refractivity contribution is 5.91. The second-order valence-electron chi connectivity index (χ2n) is 4.74. The lowest BCUT2D eigenvalue weighted by molar-refractivity contribution is -0.141. The van der Waals surface area contributed by atoms with Crippen molar-refractivity contribution < 1.29 is 28.6 Å². The van der Waals surface area contributed by atoms with Crippen molar-refractivity contribution in [2.24, 2.45) is 5.92 Å². The third-order valence-corrected chi connectivity index (χ3v) is 3.03. The zero-order valence-electron chi connectivity index (χ0n) is 12.8. The lowest BCUT2D eigenvalue weighted by Crippen LogP contribution is -2.36. The molecule has 22 heavy (non-hydrogen) atoms. The number of halogens is 1. The average molecular weight is 314 g/mol. The van der Waals surface area contributed by atoms with E-state index in [2.05, 4.69) is 5.32 Å². The maximum absolute atomic E-state index is 13.7. The van der Waals surface area contributed by atoms with Gasteiger partial charge in [0.25, 0.3) is 0 Å². The molecular formula is C14H19FN2O5. The predicted molar refractivity (Wildman–Crippen MR) is 78.0 cm³/mol. The Balaban J connectivity index is 2.87. The summed E-state index contributed by atoms with van der Waals surface area (Å²) in [5.41, 5.74) is 0.126. The van der Waals surface area contributed by atoms with Crippen LogP contribution in [0.2, 0.25) is 0 Å². The molecule has 0 spiro atoms. The van der Waals surface area contributed by atoms with Crippen molar-refractivity contribution >= 4 is 17.7 Å². The van der Waals surface area contributed by atoms with Crippen LogP contribution in [0.4, 0.5) is 14.9 Å². The third kappa shape index (κ3) is 4.24. The van der Waals surface area contributed by atoms with Crippen LogP contribution in [0.1, 0.15) is 6.92 Å². The molecule has 0 saturated carbocycles. The molecule has 0 aromatic heterocycles. The summed E-state index contributed by atoms with van der Waals surface area (Å²) in [4.78, 5) is 24.0. The highest BCUT2D eigenvalue weighted by atomic mass is 19.1. The van der Waals surface area contributed by atoms with Crippen LogP contribution < -0.4 is 14.8 Å². The Morgan fingerprint density at radius 3 is 2.41 bits per heavy atom. The van der Waals surface area contributed by atoms with Crippen molar-refractivity contribution in [3.05, 3.63) is 17.9 Å². The molecule has 0 aliphatic heterocycles. The highest BCUT2D eigenvalue weighted by Gasteiger charge is 2.19. The maximum Gasteiger partial charge on any atom is 0.321 e. The average Bonchev–Trinajstić information content (AvgIpc) is 2.47. The summed E-state index contributed by atoms with van der Waals surface area (Å²) < 4.78 is 23.6. The Bertz CT molecular complexity index is 564. The van der Waals surface area contributed by atoms with Crippen LogP contribution in [0.15, 0.2) is 12.1 Å². The number of nitrogens with one attached hydrogen (secondary N) is 1. The number of aliphatic carboxylic acids is 1. The number of benzene rings is 1. The molecule has 122 valence electrons. The molecule has 1 aromatic carbocycles. The smallest absolute Gasteiger partial charge is 0.321 e. The van der Waals surface area contributed by atoms with Crippen LogP contribution in [-0.2, 0) is 4.79 Å². The first-order chi connectivity index (χ1) is 10.3. The van der Waals surface area contributed by atoms with E-state index >= 15 is 0 Å². The summed E-state index contributed by atoms with van der Waals surface area (Å²) in [6.07, 6.45) is 0. The van der Waals surface area contributed by atoms with Crippen LogP contribution in [-0.4, -0.2) is 49.8 Å². The first-order valence-electron chi connectivity index (χ1n) is 6.46. The van der Waals surface area contributed by atoms with Gasteiger partial charge in [0.1, 0.15) is 5.75 Å². The van der Waals surface area contributed by atoms with Gasteiger partial charge in [-0.05, 0) is 0 Å². The second kappa shape index (κ2) is 7.48. The first kappa shape index (κ1) is 17.5. The molecule has 0 aliphatic rings. The molecule has 0 bridgehead atoms. The molecule has 1 aromatic rings. The molecule has 7 nitrogen and oxygen atoms in total. The van der Waals surface area contributed by atoms with E-state index in [0.29, 0.717) is 0 Å². The molecule has 2 amide bonds. The van der Waals surface area contributed by atoms with Gasteiger partial charge in [-0.25, -0.2) is 9.18 Å². The molecule has 0 saturated heterocycles. The molecule has 0 radical (unpaired) electrons. The molecule has 1 unspecified atom stereocenters. The van der Waals surface area contributed by atoms with Crippen LogP contribution in [0.5, 0.6) is 11.5 Å². The number of carbonyl (C=O) groups is 2. The lowest BCUT2D eigenvalue weighted by atomic mass is 10.2. The first-order valence-corrected chi connectivity index (χ1v) is 6.46. The van der Waals surface area contributed by atoms with Gasteiger partial charge in [0, 0.05) is 25.7 Å². The van der Waals surface area contributed by atoms with E-state index in [1.54, 1.807) is 0 Å². The number of amides is 2. The van der Waals surface area contributed by atoms with Gasteiger partial charge in [0.15, 0.2) is 11.6 Å². The molecule has 1 rings (SSSR count). The van der Waals surface area contributed by atoms with E-state index < -0.39 is 23.7 Å². The number of carbonyl (C=O) groups excluding carboxylic acids is 1. The largest absolute Gasteiger partial charge is 0.494 e. The van der Waals surface area contributed by atoms with E-state index in [9.17, 15) is 14.0 Å². The zero-order chi connectivity index (χ0) is 16.9. The molecule has 0 fully saturated rings. The Labute approximate surface area is 127 Å². The highest BCUT2D eigenvalue weighted by Crippen LogP contribution is 2.32. The number of rotatable bonds is 6. The van der Waals surface area contributed by atoms with Crippen molar-refractivity contribution in [3.8, 4) is 11.5 Å². The fourth-order valence-corrected chi connectivity index (χ4v) is 1.74. The van der Waals surface area contributed by atoms with E-state index in [0.717, 1.165) is 6.07 Å². The summed E-state index contributed by atoms with van der Waals surface area (Å²) in [6, 6.07) is 1.81. The fourth-order valence-electron chi connectivity index (χ4n) is 1.74. The minimum Gasteiger partial charge on any atom is -0.494 e. The van der Waals surface area contributed by atoms with Crippen molar-refractivity contribution in [1.82, 2.24) is 4.90 Å². The van der Waals surface area contributed by atoms with Crippen molar-refractivity contribution in [2.45, 2.75) is 6.92 Å². The number of nitrogens with zero attached hydrogens (tertiary/aromatic N) is 1. The molecule has 1 atom stereocenters. The van der Waals surface area contributed by atoms with Gasteiger partial charge >= 0.3 is 12.0 Å². The SMILES string of the molecule is COc1cc(OC)c(NC(=O)N(C)CC(C)C(=O)O)cc1F. The lowest BCUT2D eigenvalue weighted by Gasteiger charge is -2.21. The predicted octanol–water partition coefficient (Wildman–Crippen LogP) is 2.03. The Hall–Kier alpha value is -2.51. The minimum atomic E-state index is -1.01. The molecule has 2 N–H and O–H groups in total. The number of hydrogen-bond acceptors (Lipinski definition) is 4. The minimum absolute atomic E-state index is 0.0114. The number of hydrogen-bond donors (Lipinski definition) is 2. The van der Waals surface area contributed by atoms with E-state index in [4.69, 9.17) is 14.6 Å². The van der Waals surface area contributed by atoms with Crippen LogP contribution in [0.25, 0.3) is 0 Å². The zero-order valence-corrected chi connectivity index (χ0v) is 12.8. The summed E-state index contributed by atoms with van der Waals surface area (Å²) in [5.74, 6) is -2.16. The van der Waals surface area contributed by atoms with Crippen LogP contribution in [0.3, 0.4) is 0 Å². The van der Waals surface area contributed by atoms with Gasteiger partial charge < -0.3 is 24.8 Å². The van der Waals surface area contributed by atoms with Gasteiger partial charge in [0.2, 0.25) is 0 Å². The molecule has 0 aliphatic carbocycles. The van der Waals surface area contributed by atoms with Gasteiger partial charge in [-0.2, -0.15) is 0 Å². The Morgan fingerprint density at radius 1 is 1.32 bits per heavy atom. The monoisotopic (exact) mass is 314 g/mol. The van der Waals surface area contributed by atoms with E-state index in [-0.39, 0.29) is 23.7 Å². The summed E-state index contributed by atoms with van der Waals surface area (Å²) in [5, 5.41) is 11.3. The van der Waals surface area contributed by atoms with E-state index in [1.165, 1.54) is 39.2 Å². The Kier molecular flexibility index (Phi) is 5.97. The number of methoxy groups -OCH3 is 2. The summed E-state index contributed by atoms with van der Waals surface area (Å²) in [6.45, 7) is 1.50. The third-order valence-electron chi connectivity index (χ3n) is 3.03. The maximum atomic E-state index is 13.7. The second-order valence-corrected chi connectivity index (χ2v) is 4.74. The number of carboxylic acids is 1. The fraction of sp³-hybridized carbons (Fsp3) is 0.429. The van der Waals surface area contributed by atoms with Crippen molar-refractivity contribution in [3.63, 3.8) is 0 Å². The van der Waals surface area contributed by atoms with Crippen LogP contribution in [0, 0.1) is 11.7 Å². The van der Waals surface area contributed by atoms with Crippen LogP contribution >= 0.6 is 0 Å². The number of ether oxygens (including phenoxy) is 2. The van der Waals surface area contributed by atoms with Crippen molar-refractivity contribution in [1.29, 1.82) is 0 Å². The number of carboxylic acid groups (broad SMARTS) is 1. The van der Waals surface area contributed by atoms with Gasteiger partial charge in [-0.3, -0.25) is 4.79 Å². The summed E-state index contributed by atoms with van der Waals surface area (Å²) in [7, 11) is 4.14. The van der Waals surface area contributed by atoms with Crippen molar-refractivity contribution in [2.75, 3.05) is 33.1 Å².